The summed E-state index contributed by atoms with van der Waals surface area (Å²) in [5, 5.41) is 20.3. The summed E-state index contributed by atoms with van der Waals surface area (Å²) >= 11 is 0. The van der Waals surface area contributed by atoms with Gasteiger partial charge in [0.2, 0.25) is 0 Å². The fourth-order valence-corrected chi connectivity index (χ4v) is 4.58. The van der Waals surface area contributed by atoms with Crippen molar-refractivity contribution in [1.29, 1.82) is 0 Å². The minimum absolute atomic E-state index is 0.0200. The van der Waals surface area contributed by atoms with E-state index in [0.29, 0.717) is 24.3 Å². The van der Waals surface area contributed by atoms with Gasteiger partial charge in [-0.15, -0.1) is 0 Å². The van der Waals surface area contributed by atoms with Gasteiger partial charge in [0, 0.05) is 0 Å². The number of carbonyl (C=O) groups excluding carboxylic acids is 2. The molecule has 214 valence electrons. The Balaban J connectivity index is 1.14. The van der Waals surface area contributed by atoms with E-state index in [2.05, 4.69) is 12.2 Å². The zero-order valence-electron chi connectivity index (χ0n) is 22.7. The molecule has 8 nitrogen and oxygen atoms in total. The highest BCUT2D eigenvalue weighted by atomic mass is 16.6. The van der Waals surface area contributed by atoms with Crippen LogP contribution >= 0.6 is 0 Å². The molecular formula is C32H38O8. The lowest BCUT2D eigenvalue weighted by Crippen LogP contribution is -2.28. The Morgan fingerprint density at radius 2 is 1.02 bits per heavy atom. The standard InChI is InChI=1S/C32H38O8/c33-27(21-39-31(35)25-7-3-1-4-8-25)19-37-29-15-11-23(12-16-29)24-13-17-30(18-14-24)38-20-28(34)22-40-32(36)26-9-5-2-6-10-26/h1-3,5,11-18,25-28,33-34H,4,6-10,19-22H2. The zero-order chi connectivity index (χ0) is 28.2. The van der Waals surface area contributed by atoms with Crippen LogP contribution in [0.5, 0.6) is 11.5 Å². The first-order valence-corrected chi connectivity index (χ1v) is 13.9. The number of allylic oxidation sites excluding steroid dienone is 4. The van der Waals surface area contributed by atoms with Crippen LogP contribution in [-0.2, 0) is 19.1 Å². The molecule has 0 saturated carbocycles. The highest BCUT2D eigenvalue weighted by Gasteiger charge is 2.22. The van der Waals surface area contributed by atoms with Gasteiger partial charge in [-0.25, -0.2) is 0 Å². The normalized spacial score (nSPS) is 19.9. The lowest BCUT2D eigenvalue weighted by atomic mass is 9.95. The first-order valence-electron chi connectivity index (χ1n) is 13.9. The quantitative estimate of drug-likeness (QED) is 0.274. The summed E-state index contributed by atoms with van der Waals surface area (Å²) in [4.78, 5) is 24.2. The predicted molar refractivity (Wildman–Crippen MR) is 150 cm³/mol. The second-order valence-corrected chi connectivity index (χ2v) is 10.2. The van der Waals surface area contributed by atoms with Gasteiger partial charge >= 0.3 is 11.9 Å². The number of aliphatic hydroxyl groups is 2. The van der Waals surface area contributed by atoms with Crippen LogP contribution in [-0.4, -0.2) is 60.8 Å². The van der Waals surface area contributed by atoms with Crippen molar-refractivity contribution < 1.29 is 38.7 Å². The van der Waals surface area contributed by atoms with Crippen molar-refractivity contribution in [3.05, 3.63) is 72.8 Å². The Bertz CT molecular complexity index is 1050. The minimum atomic E-state index is -0.907. The maximum Gasteiger partial charge on any atom is 0.309 e. The average Bonchev–Trinajstić information content (AvgIpc) is 3.01. The number of benzene rings is 2. The lowest BCUT2D eigenvalue weighted by Gasteiger charge is -2.18. The van der Waals surface area contributed by atoms with Crippen molar-refractivity contribution in [2.45, 2.75) is 50.7 Å². The van der Waals surface area contributed by atoms with E-state index < -0.39 is 12.2 Å². The summed E-state index contributed by atoms with van der Waals surface area (Å²) in [5.74, 6) is 0.404. The van der Waals surface area contributed by atoms with Crippen LogP contribution in [0, 0.1) is 11.8 Å². The number of esters is 2. The van der Waals surface area contributed by atoms with Crippen molar-refractivity contribution in [2.75, 3.05) is 26.4 Å². The third-order valence-electron chi connectivity index (χ3n) is 6.97. The first-order chi connectivity index (χ1) is 19.5. The van der Waals surface area contributed by atoms with Crippen LogP contribution in [0.15, 0.2) is 72.8 Å². The lowest BCUT2D eigenvalue weighted by molar-refractivity contribution is -0.153. The van der Waals surface area contributed by atoms with E-state index >= 15 is 0 Å². The van der Waals surface area contributed by atoms with Crippen LogP contribution in [0.3, 0.4) is 0 Å². The van der Waals surface area contributed by atoms with Crippen LogP contribution in [0.1, 0.15) is 38.5 Å². The van der Waals surface area contributed by atoms with Gasteiger partial charge in [-0.05, 0) is 73.9 Å². The average molecular weight is 551 g/mol. The second kappa shape index (κ2) is 15.2. The Kier molecular flexibility index (Phi) is 11.2. The minimum Gasteiger partial charge on any atom is -0.491 e. The molecule has 0 heterocycles. The van der Waals surface area contributed by atoms with Crippen molar-refractivity contribution in [3.8, 4) is 22.6 Å². The molecule has 0 radical (unpaired) electrons. The highest BCUT2D eigenvalue weighted by molar-refractivity contribution is 5.73. The first kappa shape index (κ1) is 29.4. The molecule has 4 rings (SSSR count). The van der Waals surface area contributed by atoms with E-state index in [-0.39, 0.29) is 50.2 Å². The van der Waals surface area contributed by atoms with Crippen LogP contribution in [0.2, 0.25) is 0 Å². The molecule has 0 amide bonds. The van der Waals surface area contributed by atoms with E-state index in [0.717, 1.165) is 36.8 Å². The van der Waals surface area contributed by atoms with Crippen molar-refractivity contribution >= 4 is 11.9 Å². The van der Waals surface area contributed by atoms with Crippen molar-refractivity contribution in [1.82, 2.24) is 0 Å². The predicted octanol–water partition coefficient (Wildman–Crippen LogP) is 4.63. The number of ether oxygens (including phenoxy) is 4. The van der Waals surface area contributed by atoms with Crippen LogP contribution in [0.25, 0.3) is 11.1 Å². The molecule has 4 unspecified atom stereocenters. The molecule has 2 aliphatic rings. The molecule has 0 fully saturated rings. The van der Waals surface area contributed by atoms with E-state index in [1.165, 1.54) is 0 Å². The molecule has 2 aromatic carbocycles. The molecule has 2 N–H and O–H groups in total. The molecule has 8 heteroatoms. The summed E-state index contributed by atoms with van der Waals surface area (Å²) in [6.45, 7) is -0.142. The second-order valence-electron chi connectivity index (χ2n) is 10.2. The van der Waals surface area contributed by atoms with Gasteiger partial charge in [0.15, 0.2) is 0 Å². The molecule has 0 saturated heterocycles. The highest BCUT2D eigenvalue weighted by Crippen LogP contribution is 2.25. The van der Waals surface area contributed by atoms with Gasteiger partial charge < -0.3 is 29.2 Å². The van der Waals surface area contributed by atoms with Gasteiger partial charge in [-0.1, -0.05) is 48.6 Å². The Hall–Kier alpha value is -3.62. The van der Waals surface area contributed by atoms with Gasteiger partial charge in [-0.2, -0.15) is 0 Å². The fourth-order valence-electron chi connectivity index (χ4n) is 4.58. The third-order valence-corrected chi connectivity index (χ3v) is 6.97. The molecule has 0 aliphatic heterocycles. The van der Waals surface area contributed by atoms with E-state index in [9.17, 15) is 19.8 Å². The number of rotatable bonds is 13. The molecule has 0 aromatic heterocycles. The SMILES string of the molecule is O=C(OCC(O)COc1ccc(-c2ccc(OCC(O)COC(=O)C3CC=CCC3)cc2)cc1)C1CC=CCC1. The summed E-state index contributed by atoms with van der Waals surface area (Å²) in [5.41, 5.74) is 1.94. The molecular weight excluding hydrogens is 512 g/mol. The zero-order valence-corrected chi connectivity index (χ0v) is 22.7. The fraction of sp³-hybridized carbons (Fsp3) is 0.438. The Morgan fingerprint density at radius 1 is 0.625 bits per heavy atom. The molecule has 2 aliphatic carbocycles. The maximum atomic E-state index is 12.1. The Labute approximate surface area is 235 Å². The number of hydrogen-bond donors (Lipinski definition) is 2. The van der Waals surface area contributed by atoms with E-state index in [4.69, 9.17) is 18.9 Å². The molecule has 4 atom stereocenters. The van der Waals surface area contributed by atoms with Gasteiger partial charge in [0.1, 0.15) is 50.1 Å². The topological polar surface area (TPSA) is 112 Å². The van der Waals surface area contributed by atoms with E-state index in [1.807, 2.05) is 60.7 Å². The van der Waals surface area contributed by atoms with Crippen molar-refractivity contribution in [3.63, 3.8) is 0 Å². The maximum absolute atomic E-state index is 12.1. The summed E-state index contributed by atoms with van der Waals surface area (Å²) < 4.78 is 21.8. The summed E-state index contributed by atoms with van der Waals surface area (Å²) in [6.07, 6.45) is 11.0. The Morgan fingerprint density at radius 3 is 1.38 bits per heavy atom. The van der Waals surface area contributed by atoms with Gasteiger partial charge in [-0.3, -0.25) is 9.59 Å². The number of carbonyl (C=O) groups is 2. The molecule has 0 bridgehead atoms. The number of hydrogen-bond acceptors (Lipinski definition) is 8. The summed E-state index contributed by atoms with van der Waals surface area (Å²) in [6, 6.07) is 14.9. The monoisotopic (exact) mass is 550 g/mol. The third kappa shape index (κ3) is 9.24. The number of aliphatic hydroxyl groups excluding tert-OH is 2. The summed E-state index contributed by atoms with van der Waals surface area (Å²) in [7, 11) is 0. The van der Waals surface area contributed by atoms with E-state index in [1.54, 1.807) is 0 Å². The molecule has 40 heavy (non-hydrogen) atoms. The van der Waals surface area contributed by atoms with Crippen LogP contribution in [0.4, 0.5) is 0 Å². The van der Waals surface area contributed by atoms with Gasteiger partial charge in [0.25, 0.3) is 0 Å². The van der Waals surface area contributed by atoms with Gasteiger partial charge in [0.05, 0.1) is 11.8 Å². The van der Waals surface area contributed by atoms with Crippen molar-refractivity contribution in [2.24, 2.45) is 11.8 Å². The van der Waals surface area contributed by atoms with Crippen LogP contribution < -0.4 is 9.47 Å². The largest absolute Gasteiger partial charge is 0.491 e. The molecule has 0 spiro atoms. The molecule has 2 aromatic rings. The smallest absolute Gasteiger partial charge is 0.309 e.